The van der Waals surface area contributed by atoms with Gasteiger partial charge in [0.25, 0.3) is 11.5 Å². The van der Waals surface area contributed by atoms with E-state index in [-0.39, 0.29) is 23.4 Å². The molecule has 0 spiro atoms. The molecule has 5 N–H and O–H groups in total. The van der Waals surface area contributed by atoms with E-state index in [1.54, 1.807) is 19.2 Å². The van der Waals surface area contributed by atoms with Gasteiger partial charge < -0.3 is 25.8 Å². The Morgan fingerprint density at radius 3 is 2.61 bits per heavy atom. The highest BCUT2D eigenvalue weighted by molar-refractivity contribution is 6.07. The summed E-state index contributed by atoms with van der Waals surface area (Å²) in [5.41, 5.74) is 0.533. The normalized spacial score (nSPS) is 11.1. The second-order valence-electron chi connectivity index (χ2n) is 6.66. The number of halogens is 1. The van der Waals surface area contributed by atoms with E-state index in [1.807, 2.05) is 0 Å². The number of carbonyl (C=O) groups is 2. The number of carboxylic acids is 1. The number of hydrogen-bond donors (Lipinski definition) is 5. The van der Waals surface area contributed by atoms with Gasteiger partial charge >= 0.3 is 5.97 Å². The monoisotopic (exact) mass is 425 g/mol. The second kappa shape index (κ2) is 9.23. The van der Waals surface area contributed by atoms with Crippen LogP contribution in [0.25, 0.3) is 17.0 Å². The molecule has 9 heteroatoms. The molecule has 0 aliphatic rings. The molecular formula is C22H20FN3O5. The van der Waals surface area contributed by atoms with Crippen LogP contribution in [0.15, 0.2) is 47.3 Å². The molecule has 0 saturated heterocycles. The highest BCUT2D eigenvalue weighted by atomic mass is 19.1. The van der Waals surface area contributed by atoms with E-state index in [0.717, 1.165) is 0 Å². The lowest BCUT2D eigenvalue weighted by Gasteiger charge is -2.11. The lowest BCUT2D eigenvalue weighted by atomic mass is 10.1. The quantitative estimate of drug-likeness (QED) is 0.395. The molecule has 0 fully saturated rings. The van der Waals surface area contributed by atoms with Crippen LogP contribution in [-0.2, 0) is 0 Å². The first-order valence-electron chi connectivity index (χ1n) is 9.34. The van der Waals surface area contributed by atoms with Crippen molar-refractivity contribution in [1.82, 2.24) is 4.98 Å². The van der Waals surface area contributed by atoms with Crippen LogP contribution in [0.1, 0.15) is 32.7 Å². The summed E-state index contributed by atoms with van der Waals surface area (Å²) in [6, 6.07) is 7.82. The SMILES string of the molecule is CNc1cc(F)cc2cc(C(=O)Nc3ccc(C(=O)O)cc3/C=C/CCO)c(=O)[nH]c12. The van der Waals surface area contributed by atoms with Gasteiger partial charge in [-0.3, -0.25) is 9.59 Å². The maximum absolute atomic E-state index is 13.9. The van der Waals surface area contributed by atoms with Crippen molar-refractivity contribution in [1.29, 1.82) is 0 Å². The first-order chi connectivity index (χ1) is 14.8. The fourth-order valence-electron chi connectivity index (χ4n) is 3.07. The molecule has 0 radical (unpaired) electrons. The number of aliphatic hydroxyl groups is 1. The van der Waals surface area contributed by atoms with Crippen molar-refractivity contribution < 1.29 is 24.2 Å². The summed E-state index contributed by atoms with van der Waals surface area (Å²) in [5.74, 6) is -2.41. The number of carbonyl (C=O) groups excluding carboxylic acids is 1. The van der Waals surface area contributed by atoms with Gasteiger partial charge in [-0.2, -0.15) is 0 Å². The van der Waals surface area contributed by atoms with Crippen molar-refractivity contribution in [2.45, 2.75) is 6.42 Å². The van der Waals surface area contributed by atoms with Gasteiger partial charge in [0.2, 0.25) is 0 Å². The summed E-state index contributed by atoms with van der Waals surface area (Å²) < 4.78 is 13.9. The Morgan fingerprint density at radius 2 is 1.94 bits per heavy atom. The standard InChI is InChI=1S/C22H20FN3O5/c1-24-18-11-15(23)9-14-10-16(21(29)26-19(14)18)20(28)25-17-6-5-13(22(30)31)8-12(17)4-2-3-7-27/h2,4-6,8-11,24,27H,3,7H2,1H3,(H,25,28)(H,26,29)(H,30,31)/b4-2+. The van der Waals surface area contributed by atoms with Gasteiger partial charge in [-0.05, 0) is 48.4 Å². The number of carboxylic acid groups (broad SMARTS) is 1. The average Bonchev–Trinajstić information content (AvgIpc) is 2.74. The predicted molar refractivity (Wildman–Crippen MR) is 116 cm³/mol. The van der Waals surface area contributed by atoms with Crippen LogP contribution in [-0.4, -0.2) is 40.7 Å². The molecule has 0 unspecified atom stereocenters. The molecule has 3 aromatic rings. The molecular weight excluding hydrogens is 405 g/mol. The number of anilines is 2. The summed E-state index contributed by atoms with van der Waals surface area (Å²) in [7, 11) is 1.58. The first kappa shape index (κ1) is 21.7. The fourth-order valence-corrected chi connectivity index (χ4v) is 3.07. The zero-order chi connectivity index (χ0) is 22.5. The van der Waals surface area contributed by atoms with Crippen molar-refractivity contribution in [3.63, 3.8) is 0 Å². The molecule has 31 heavy (non-hydrogen) atoms. The lowest BCUT2D eigenvalue weighted by molar-refractivity contribution is 0.0696. The van der Waals surface area contributed by atoms with E-state index >= 15 is 0 Å². The Balaban J connectivity index is 2.01. The van der Waals surface area contributed by atoms with Gasteiger partial charge in [-0.15, -0.1) is 0 Å². The van der Waals surface area contributed by atoms with Gasteiger partial charge in [0.1, 0.15) is 11.4 Å². The van der Waals surface area contributed by atoms with Crippen molar-refractivity contribution in [2.24, 2.45) is 0 Å². The number of benzene rings is 2. The van der Waals surface area contributed by atoms with Crippen molar-refractivity contribution >= 4 is 40.2 Å². The van der Waals surface area contributed by atoms with Crippen LogP contribution in [0.2, 0.25) is 0 Å². The van der Waals surface area contributed by atoms with Crippen molar-refractivity contribution in [3.05, 3.63) is 75.3 Å². The van der Waals surface area contributed by atoms with Crippen LogP contribution in [0.5, 0.6) is 0 Å². The van der Waals surface area contributed by atoms with Crippen LogP contribution >= 0.6 is 0 Å². The summed E-state index contributed by atoms with van der Waals surface area (Å²) >= 11 is 0. The highest BCUT2D eigenvalue weighted by Crippen LogP contribution is 2.24. The minimum atomic E-state index is -1.14. The maximum Gasteiger partial charge on any atom is 0.335 e. The number of amides is 1. The first-order valence-corrected chi connectivity index (χ1v) is 9.34. The minimum Gasteiger partial charge on any atom is -0.478 e. The molecule has 1 heterocycles. The highest BCUT2D eigenvalue weighted by Gasteiger charge is 2.16. The molecule has 1 amide bonds. The van der Waals surface area contributed by atoms with Crippen molar-refractivity contribution in [2.75, 3.05) is 24.3 Å². The Morgan fingerprint density at radius 1 is 1.16 bits per heavy atom. The predicted octanol–water partition coefficient (Wildman–Crippen LogP) is 3.06. The average molecular weight is 425 g/mol. The molecule has 0 aliphatic carbocycles. The third-order valence-electron chi connectivity index (χ3n) is 4.57. The summed E-state index contributed by atoms with van der Waals surface area (Å²) in [5, 5.41) is 23.9. The van der Waals surface area contributed by atoms with E-state index in [4.69, 9.17) is 5.11 Å². The van der Waals surface area contributed by atoms with Crippen LogP contribution < -0.4 is 16.2 Å². The van der Waals surface area contributed by atoms with E-state index in [2.05, 4.69) is 15.6 Å². The lowest BCUT2D eigenvalue weighted by Crippen LogP contribution is -2.23. The second-order valence-corrected chi connectivity index (χ2v) is 6.66. The number of H-pyrrole nitrogens is 1. The number of aliphatic hydroxyl groups excluding tert-OH is 1. The van der Waals surface area contributed by atoms with E-state index < -0.39 is 23.3 Å². The molecule has 0 bridgehead atoms. The molecule has 2 aromatic carbocycles. The van der Waals surface area contributed by atoms with Gasteiger partial charge in [0, 0.05) is 24.7 Å². The zero-order valence-corrected chi connectivity index (χ0v) is 16.5. The number of aromatic carboxylic acids is 1. The number of pyridine rings is 1. The zero-order valence-electron chi connectivity index (χ0n) is 16.5. The third-order valence-corrected chi connectivity index (χ3v) is 4.57. The smallest absolute Gasteiger partial charge is 0.335 e. The van der Waals surface area contributed by atoms with Gasteiger partial charge in [-0.1, -0.05) is 12.2 Å². The molecule has 160 valence electrons. The van der Waals surface area contributed by atoms with Gasteiger partial charge in [-0.25, -0.2) is 9.18 Å². The Labute approximate surface area is 176 Å². The van der Waals surface area contributed by atoms with E-state index in [0.29, 0.717) is 28.6 Å². The summed E-state index contributed by atoms with van der Waals surface area (Å²) in [6.45, 7) is -0.0888. The number of fused-ring (bicyclic) bond motifs is 1. The Hall–Kier alpha value is -3.98. The van der Waals surface area contributed by atoms with Crippen LogP contribution in [0.4, 0.5) is 15.8 Å². The molecule has 0 saturated carbocycles. The Bertz CT molecular complexity index is 1250. The maximum atomic E-state index is 13.9. The van der Waals surface area contributed by atoms with E-state index in [1.165, 1.54) is 36.4 Å². The number of hydrogen-bond acceptors (Lipinski definition) is 5. The molecule has 0 aliphatic heterocycles. The molecule has 8 nitrogen and oxygen atoms in total. The number of aromatic amines is 1. The summed E-state index contributed by atoms with van der Waals surface area (Å²) in [6.07, 6.45) is 3.54. The van der Waals surface area contributed by atoms with Gasteiger partial charge in [0.15, 0.2) is 0 Å². The Kier molecular flexibility index (Phi) is 6.46. The van der Waals surface area contributed by atoms with Crippen LogP contribution in [0.3, 0.4) is 0 Å². The molecule has 3 rings (SSSR count). The third kappa shape index (κ3) is 4.78. The van der Waals surface area contributed by atoms with Gasteiger partial charge in [0.05, 0.1) is 16.8 Å². The van der Waals surface area contributed by atoms with Crippen LogP contribution in [0, 0.1) is 5.82 Å². The fraction of sp³-hybridized carbons (Fsp3) is 0.136. The number of rotatable bonds is 7. The van der Waals surface area contributed by atoms with E-state index in [9.17, 15) is 23.9 Å². The minimum absolute atomic E-state index is 0.0141. The largest absolute Gasteiger partial charge is 0.478 e. The molecule has 0 atom stereocenters. The van der Waals surface area contributed by atoms with Crippen molar-refractivity contribution in [3.8, 4) is 0 Å². The topological polar surface area (TPSA) is 132 Å². The molecule has 1 aromatic heterocycles. The number of nitrogens with one attached hydrogen (secondary N) is 3. The number of aromatic nitrogens is 1. The summed E-state index contributed by atoms with van der Waals surface area (Å²) in [4.78, 5) is 39.1.